The zero-order valence-corrected chi connectivity index (χ0v) is 10.6. The predicted octanol–water partition coefficient (Wildman–Crippen LogP) is 0.870. The Morgan fingerprint density at radius 3 is 2.88 bits per heavy atom. The molecule has 1 fully saturated rings. The van der Waals surface area contributed by atoms with Crippen molar-refractivity contribution in [3.8, 4) is 0 Å². The van der Waals surface area contributed by atoms with Gasteiger partial charge in [0, 0.05) is 30.0 Å². The molecule has 5 nitrogen and oxygen atoms in total. The van der Waals surface area contributed by atoms with Crippen molar-refractivity contribution in [3.05, 3.63) is 22.2 Å². The third-order valence-electron chi connectivity index (χ3n) is 3.79. The van der Waals surface area contributed by atoms with Crippen molar-refractivity contribution < 1.29 is 0 Å². The second-order valence-electron chi connectivity index (χ2n) is 5.29. The molecular formula is C12H20N4O. The molecule has 2 rings (SSSR count). The fraction of sp³-hybridized carbons (Fsp3) is 0.667. The van der Waals surface area contributed by atoms with Crippen LogP contribution < -0.4 is 16.6 Å². The maximum absolute atomic E-state index is 11.4. The van der Waals surface area contributed by atoms with Crippen molar-refractivity contribution in [2.45, 2.75) is 45.7 Å². The fourth-order valence-corrected chi connectivity index (χ4v) is 2.13. The third-order valence-corrected chi connectivity index (χ3v) is 3.79. The molecule has 1 aliphatic carbocycles. The summed E-state index contributed by atoms with van der Waals surface area (Å²) in [4.78, 5) is 18.5. The van der Waals surface area contributed by atoms with Crippen LogP contribution in [0.3, 0.4) is 0 Å². The molecule has 5 heteroatoms. The Bertz CT molecular complexity index is 466. The highest BCUT2D eigenvalue weighted by Gasteiger charge is 2.46. The van der Waals surface area contributed by atoms with Gasteiger partial charge >= 0.3 is 0 Å². The molecule has 4 N–H and O–H groups in total. The van der Waals surface area contributed by atoms with Crippen LogP contribution in [0, 0.1) is 5.41 Å². The summed E-state index contributed by atoms with van der Waals surface area (Å²) < 4.78 is 0. The second-order valence-corrected chi connectivity index (χ2v) is 5.29. The number of aryl methyl sites for hydroxylation is 1. The maximum Gasteiger partial charge on any atom is 0.252 e. The Balaban J connectivity index is 2.15. The number of hydrogen-bond acceptors (Lipinski definition) is 4. The van der Waals surface area contributed by atoms with Gasteiger partial charge in [0.15, 0.2) is 0 Å². The van der Waals surface area contributed by atoms with E-state index in [9.17, 15) is 4.79 Å². The number of H-pyrrole nitrogens is 1. The van der Waals surface area contributed by atoms with E-state index in [0.29, 0.717) is 11.6 Å². The lowest BCUT2D eigenvalue weighted by atomic mass is 9.63. The molecule has 2 atom stereocenters. The van der Waals surface area contributed by atoms with Gasteiger partial charge in [-0.05, 0) is 6.42 Å². The zero-order valence-electron chi connectivity index (χ0n) is 10.6. The van der Waals surface area contributed by atoms with Gasteiger partial charge in [-0.15, -0.1) is 0 Å². The van der Waals surface area contributed by atoms with E-state index in [2.05, 4.69) is 29.1 Å². The van der Waals surface area contributed by atoms with E-state index in [1.165, 1.54) is 6.07 Å². The SMILES string of the molecule is CCc1nc(NC2CC(N)C2(C)C)cc(=O)[nH]1. The van der Waals surface area contributed by atoms with E-state index in [4.69, 9.17) is 5.73 Å². The Morgan fingerprint density at radius 2 is 2.35 bits per heavy atom. The summed E-state index contributed by atoms with van der Waals surface area (Å²) in [6.45, 7) is 6.23. The first-order valence-electron chi connectivity index (χ1n) is 6.06. The summed E-state index contributed by atoms with van der Waals surface area (Å²) in [5.74, 6) is 1.36. The topological polar surface area (TPSA) is 83.8 Å². The Labute approximate surface area is 101 Å². The molecule has 1 aromatic heterocycles. The lowest BCUT2D eigenvalue weighted by Crippen LogP contribution is -2.61. The minimum atomic E-state index is -0.110. The van der Waals surface area contributed by atoms with E-state index >= 15 is 0 Å². The van der Waals surface area contributed by atoms with Crippen LogP contribution in [-0.2, 0) is 6.42 Å². The first-order valence-corrected chi connectivity index (χ1v) is 6.06. The minimum absolute atomic E-state index is 0.0522. The zero-order chi connectivity index (χ0) is 12.6. The number of nitrogens with one attached hydrogen (secondary N) is 2. The van der Waals surface area contributed by atoms with Crippen molar-refractivity contribution in [2.75, 3.05) is 5.32 Å². The van der Waals surface area contributed by atoms with Gasteiger partial charge in [0.2, 0.25) is 0 Å². The largest absolute Gasteiger partial charge is 0.366 e. The van der Waals surface area contributed by atoms with Crippen LogP contribution in [0.1, 0.15) is 33.0 Å². The van der Waals surface area contributed by atoms with Crippen LogP contribution >= 0.6 is 0 Å². The highest BCUT2D eigenvalue weighted by atomic mass is 16.1. The predicted molar refractivity (Wildman–Crippen MR) is 68.0 cm³/mol. The highest BCUT2D eigenvalue weighted by molar-refractivity contribution is 5.37. The summed E-state index contributed by atoms with van der Waals surface area (Å²) in [7, 11) is 0. The molecule has 1 heterocycles. The number of aromatic amines is 1. The molecule has 1 saturated carbocycles. The van der Waals surface area contributed by atoms with Gasteiger partial charge in [-0.2, -0.15) is 0 Å². The first kappa shape index (κ1) is 12.1. The third kappa shape index (κ3) is 2.20. The Morgan fingerprint density at radius 1 is 1.65 bits per heavy atom. The Kier molecular flexibility index (Phi) is 2.95. The smallest absolute Gasteiger partial charge is 0.252 e. The quantitative estimate of drug-likeness (QED) is 0.727. The maximum atomic E-state index is 11.4. The molecule has 0 amide bonds. The van der Waals surface area contributed by atoms with Gasteiger partial charge in [0.25, 0.3) is 5.56 Å². The summed E-state index contributed by atoms with van der Waals surface area (Å²) in [6, 6.07) is 2.00. The average molecular weight is 236 g/mol. The molecule has 1 aromatic rings. The number of nitrogens with zero attached hydrogens (tertiary/aromatic N) is 1. The van der Waals surface area contributed by atoms with Crippen LogP contribution in [0.5, 0.6) is 0 Å². The van der Waals surface area contributed by atoms with Crippen molar-refractivity contribution >= 4 is 5.82 Å². The summed E-state index contributed by atoms with van der Waals surface area (Å²) in [6.07, 6.45) is 1.64. The van der Waals surface area contributed by atoms with Crippen molar-refractivity contribution in [3.63, 3.8) is 0 Å². The lowest BCUT2D eigenvalue weighted by molar-refractivity contribution is 0.117. The van der Waals surface area contributed by atoms with Gasteiger partial charge in [0.1, 0.15) is 11.6 Å². The van der Waals surface area contributed by atoms with Crippen LogP contribution in [0.25, 0.3) is 0 Å². The monoisotopic (exact) mass is 236 g/mol. The second kappa shape index (κ2) is 4.14. The van der Waals surface area contributed by atoms with Crippen molar-refractivity contribution in [2.24, 2.45) is 11.1 Å². The summed E-state index contributed by atoms with van der Waals surface area (Å²) in [5, 5.41) is 3.30. The molecule has 0 radical (unpaired) electrons. The molecule has 0 spiro atoms. The number of aromatic nitrogens is 2. The van der Waals surface area contributed by atoms with Crippen LogP contribution in [0.15, 0.2) is 10.9 Å². The highest BCUT2D eigenvalue weighted by Crippen LogP contribution is 2.40. The van der Waals surface area contributed by atoms with Gasteiger partial charge in [-0.1, -0.05) is 20.8 Å². The molecule has 0 aromatic carbocycles. The van der Waals surface area contributed by atoms with E-state index in [1.54, 1.807) is 0 Å². The van der Waals surface area contributed by atoms with E-state index in [-0.39, 0.29) is 23.1 Å². The molecule has 0 saturated heterocycles. The average Bonchev–Trinajstić information content (AvgIpc) is 2.28. The lowest BCUT2D eigenvalue weighted by Gasteiger charge is -2.50. The summed E-state index contributed by atoms with van der Waals surface area (Å²) >= 11 is 0. The molecule has 0 bridgehead atoms. The standard InChI is InChI=1S/C12H20N4O/c1-4-9-15-10(6-11(17)16-9)14-8-5-7(13)12(8,2)3/h6-8H,4-5,13H2,1-3H3,(H2,14,15,16,17). The molecule has 1 aliphatic rings. The van der Waals surface area contributed by atoms with E-state index in [0.717, 1.165) is 12.8 Å². The van der Waals surface area contributed by atoms with Gasteiger partial charge in [-0.25, -0.2) is 4.98 Å². The molecular weight excluding hydrogens is 216 g/mol. The molecule has 94 valence electrons. The van der Waals surface area contributed by atoms with Crippen LogP contribution in [0.4, 0.5) is 5.82 Å². The first-order chi connectivity index (χ1) is 7.93. The molecule has 2 unspecified atom stereocenters. The number of nitrogens with two attached hydrogens (primary N) is 1. The number of anilines is 1. The van der Waals surface area contributed by atoms with Crippen molar-refractivity contribution in [1.82, 2.24) is 9.97 Å². The normalized spacial score (nSPS) is 26.4. The van der Waals surface area contributed by atoms with Gasteiger partial charge in [0.05, 0.1) is 0 Å². The van der Waals surface area contributed by atoms with Crippen LogP contribution in [-0.4, -0.2) is 22.1 Å². The van der Waals surface area contributed by atoms with E-state index < -0.39 is 0 Å². The van der Waals surface area contributed by atoms with Gasteiger partial charge in [-0.3, -0.25) is 4.79 Å². The minimum Gasteiger partial charge on any atom is -0.366 e. The Hall–Kier alpha value is -1.36. The van der Waals surface area contributed by atoms with Gasteiger partial charge < -0.3 is 16.0 Å². The van der Waals surface area contributed by atoms with Crippen LogP contribution in [0.2, 0.25) is 0 Å². The number of rotatable bonds is 3. The molecule has 0 aliphatic heterocycles. The van der Waals surface area contributed by atoms with E-state index in [1.807, 2.05) is 6.92 Å². The molecule has 17 heavy (non-hydrogen) atoms. The summed E-state index contributed by atoms with van der Waals surface area (Å²) in [5.41, 5.74) is 5.90. The fourth-order valence-electron chi connectivity index (χ4n) is 2.13. The number of hydrogen-bond donors (Lipinski definition) is 3. The van der Waals surface area contributed by atoms with Crippen molar-refractivity contribution in [1.29, 1.82) is 0 Å².